The van der Waals surface area contributed by atoms with Crippen molar-refractivity contribution in [3.8, 4) is 17.1 Å². The molecule has 11 heteroatoms. The summed E-state index contributed by atoms with van der Waals surface area (Å²) in [6.45, 7) is 0. The van der Waals surface area contributed by atoms with Crippen LogP contribution in [0.15, 0.2) is 61.2 Å². The Labute approximate surface area is 199 Å². The number of para-hydroxylation sites is 1. The van der Waals surface area contributed by atoms with Crippen LogP contribution < -0.4 is 20.7 Å². The molecule has 0 atom stereocenters. The van der Waals surface area contributed by atoms with Crippen LogP contribution in [0.2, 0.25) is 0 Å². The van der Waals surface area contributed by atoms with Crippen LogP contribution >= 0.6 is 0 Å². The maximum absolute atomic E-state index is 13.3. The van der Waals surface area contributed by atoms with Gasteiger partial charge in [0.15, 0.2) is 17.4 Å². The number of rotatable bonds is 8. The van der Waals surface area contributed by atoms with Crippen LogP contribution in [0.5, 0.6) is 5.75 Å². The van der Waals surface area contributed by atoms with Crippen LogP contribution in [0.4, 0.5) is 27.4 Å². The van der Waals surface area contributed by atoms with Crippen molar-refractivity contribution in [3.05, 3.63) is 78.1 Å². The Morgan fingerprint density at radius 3 is 2.46 bits per heavy atom. The first-order valence-corrected chi connectivity index (χ1v) is 10.3. The maximum atomic E-state index is 13.3. The zero-order chi connectivity index (χ0) is 24.8. The van der Waals surface area contributed by atoms with Crippen molar-refractivity contribution in [2.75, 3.05) is 24.8 Å². The first kappa shape index (κ1) is 23.2. The lowest BCUT2D eigenvalue weighted by molar-refractivity contribution is 0.0963. The van der Waals surface area contributed by atoms with Crippen LogP contribution in [0.3, 0.4) is 0 Å². The lowest BCUT2D eigenvalue weighted by Crippen LogP contribution is -2.19. The van der Waals surface area contributed by atoms with E-state index in [1.165, 1.54) is 26.6 Å². The van der Waals surface area contributed by atoms with Crippen LogP contribution in [0, 0.1) is 5.82 Å². The second kappa shape index (κ2) is 10.3. The van der Waals surface area contributed by atoms with E-state index in [4.69, 9.17) is 4.74 Å². The number of aldehydes is 1. The summed E-state index contributed by atoms with van der Waals surface area (Å²) in [4.78, 5) is 40.1. The Morgan fingerprint density at radius 1 is 0.971 bits per heavy atom. The number of hydrogen-bond acceptors (Lipinski definition) is 9. The number of methoxy groups -OCH3 is 1. The van der Waals surface area contributed by atoms with E-state index in [1.807, 2.05) is 0 Å². The number of anilines is 4. The van der Waals surface area contributed by atoms with Gasteiger partial charge in [0.1, 0.15) is 17.9 Å². The molecule has 0 saturated carbocycles. The van der Waals surface area contributed by atoms with Gasteiger partial charge in [-0.3, -0.25) is 9.59 Å². The van der Waals surface area contributed by atoms with Gasteiger partial charge in [-0.15, -0.1) is 0 Å². The number of benzene rings is 1. The molecule has 10 nitrogen and oxygen atoms in total. The summed E-state index contributed by atoms with van der Waals surface area (Å²) < 4.78 is 18.9. The molecule has 0 radical (unpaired) electrons. The van der Waals surface area contributed by atoms with Gasteiger partial charge in [-0.2, -0.15) is 0 Å². The summed E-state index contributed by atoms with van der Waals surface area (Å²) in [5.74, 6) is 0.554. The minimum atomic E-state index is -0.554. The number of hydrogen-bond donors (Lipinski definition) is 3. The van der Waals surface area contributed by atoms with Crippen molar-refractivity contribution in [2.45, 2.75) is 0 Å². The number of ether oxygens (including phenoxy) is 1. The average molecular weight is 473 g/mol. The zero-order valence-electron chi connectivity index (χ0n) is 18.7. The first-order valence-electron chi connectivity index (χ1n) is 10.3. The number of nitrogens with one attached hydrogen (secondary N) is 3. The highest BCUT2D eigenvalue weighted by Gasteiger charge is 2.17. The molecule has 0 unspecified atom stereocenters. The third-order valence-electron chi connectivity index (χ3n) is 4.90. The molecule has 3 N–H and O–H groups in total. The van der Waals surface area contributed by atoms with Crippen LogP contribution in [0.1, 0.15) is 20.7 Å². The summed E-state index contributed by atoms with van der Waals surface area (Å²) in [6.07, 6.45) is 5.76. The van der Waals surface area contributed by atoms with Gasteiger partial charge in [0.25, 0.3) is 5.91 Å². The number of aromatic nitrogens is 4. The third kappa shape index (κ3) is 5.19. The number of pyridine rings is 2. The minimum absolute atomic E-state index is 0.275. The average Bonchev–Trinajstić information content (AvgIpc) is 2.89. The van der Waals surface area contributed by atoms with Crippen molar-refractivity contribution in [1.82, 2.24) is 25.3 Å². The number of carbonyl (C=O) groups excluding carboxylic acids is 2. The zero-order valence-corrected chi connectivity index (χ0v) is 18.7. The first-order chi connectivity index (χ1) is 17.0. The van der Waals surface area contributed by atoms with E-state index >= 15 is 0 Å². The summed E-state index contributed by atoms with van der Waals surface area (Å²) in [7, 11) is 3.00. The molecule has 4 aromatic rings. The summed E-state index contributed by atoms with van der Waals surface area (Å²) in [5.41, 5.74) is 2.19. The molecule has 0 bridgehead atoms. The predicted octanol–water partition coefficient (Wildman–Crippen LogP) is 3.74. The molecule has 3 heterocycles. The van der Waals surface area contributed by atoms with Gasteiger partial charge in [0.05, 0.1) is 42.0 Å². The maximum Gasteiger partial charge on any atom is 0.254 e. The second-order valence-electron chi connectivity index (χ2n) is 7.15. The molecule has 35 heavy (non-hydrogen) atoms. The highest BCUT2D eigenvalue weighted by Crippen LogP contribution is 2.37. The van der Waals surface area contributed by atoms with E-state index in [9.17, 15) is 14.0 Å². The Balaban J connectivity index is 1.73. The third-order valence-corrected chi connectivity index (χ3v) is 4.90. The van der Waals surface area contributed by atoms with Crippen molar-refractivity contribution in [3.63, 3.8) is 0 Å². The number of nitrogens with zero attached hydrogens (tertiary/aromatic N) is 4. The Morgan fingerprint density at radius 2 is 1.74 bits per heavy atom. The Hall–Kier alpha value is -4.93. The largest absolute Gasteiger partial charge is 0.494 e. The van der Waals surface area contributed by atoms with Gasteiger partial charge in [-0.25, -0.2) is 24.3 Å². The van der Waals surface area contributed by atoms with E-state index in [0.717, 1.165) is 12.4 Å². The fourth-order valence-electron chi connectivity index (χ4n) is 3.29. The molecule has 1 aromatic carbocycles. The molecule has 0 fully saturated rings. The fourth-order valence-corrected chi connectivity index (χ4v) is 3.29. The lowest BCUT2D eigenvalue weighted by Gasteiger charge is -2.17. The van der Waals surface area contributed by atoms with E-state index in [0.29, 0.717) is 46.2 Å². The topological polar surface area (TPSA) is 131 Å². The summed E-state index contributed by atoms with van der Waals surface area (Å²) in [5, 5.41) is 8.81. The van der Waals surface area contributed by atoms with Gasteiger partial charge < -0.3 is 20.7 Å². The van der Waals surface area contributed by atoms with E-state index in [2.05, 4.69) is 35.9 Å². The monoisotopic (exact) mass is 473 g/mol. The Kier molecular flexibility index (Phi) is 6.86. The van der Waals surface area contributed by atoms with Crippen molar-refractivity contribution in [2.24, 2.45) is 0 Å². The van der Waals surface area contributed by atoms with Crippen LogP contribution in [-0.2, 0) is 0 Å². The van der Waals surface area contributed by atoms with Gasteiger partial charge in [0.2, 0.25) is 0 Å². The van der Waals surface area contributed by atoms with Crippen molar-refractivity contribution >= 4 is 35.2 Å². The molecule has 1 amide bonds. The van der Waals surface area contributed by atoms with Gasteiger partial charge >= 0.3 is 0 Å². The van der Waals surface area contributed by atoms with Crippen LogP contribution in [-0.4, -0.2) is 46.3 Å². The minimum Gasteiger partial charge on any atom is -0.494 e. The van der Waals surface area contributed by atoms with E-state index < -0.39 is 5.82 Å². The number of halogens is 1. The summed E-state index contributed by atoms with van der Waals surface area (Å²) >= 11 is 0. The smallest absolute Gasteiger partial charge is 0.254 e. The van der Waals surface area contributed by atoms with E-state index in [-0.39, 0.29) is 17.3 Å². The molecule has 0 spiro atoms. The molecule has 4 rings (SSSR count). The normalized spacial score (nSPS) is 10.4. The van der Waals surface area contributed by atoms with Gasteiger partial charge in [-0.05, 0) is 24.3 Å². The highest BCUT2D eigenvalue weighted by atomic mass is 19.1. The van der Waals surface area contributed by atoms with Gasteiger partial charge in [-0.1, -0.05) is 6.07 Å². The second-order valence-corrected chi connectivity index (χ2v) is 7.15. The SMILES string of the molecule is CNC(=O)c1cnc(Nc2cc(C=O)ccn2)cc1Nc1cccc(-c2ncc(F)cn2)c1OC. The molecule has 0 aliphatic rings. The van der Waals surface area contributed by atoms with Crippen LogP contribution in [0.25, 0.3) is 11.4 Å². The Bertz CT molecular complexity index is 1380. The molecule has 0 aliphatic carbocycles. The van der Waals surface area contributed by atoms with Crippen molar-refractivity contribution in [1.29, 1.82) is 0 Å². The quantitative estimate of drug-likeness (QED) is 0.328. The molecule has 3 aromatic heterocycles. The summed E-state index contributed by atoms with van der Waals surface area (Å²) in [6, 6.07) is 10.0. The fraction of sp³-hybridized carbons (Fsp3) is 0.0833. The number of carbonyl (C=O) groups is 2. The highest BCUT2D eigenvalue weighted by molar-refractivity contribution is 6.00. The van der Waals surface area contributed by atoms with Crippen molar-refractivity contribution < 1.29 is 18.7 Å². The number of amides is 1. The standard InChI is InChI=1S/C24H20FN7O3/c1-26-24(34)17-12-28-21(32-20-8-14(13-33)6-7-27-20)9-19(17)31-18-5-3-4-16(22(18)35-2)23-29-10-15(25)11-30-23/h3-13H,1-2H3,(H,26,34)(H2,27,28,31,32). The molecular weight excluding hydrogens is 453 g/mol. The predicted molar refractivity (Wildman–Crippen MR) is 128 cm³/mol. The van der Waals surface area contributed by atoms with Gasteiger partial charge in [0, 0.05) is 31.1 Å². The van der Waals surface area contributed by atoms with E-state index in [1.54, 1.807) is 36.4 Å². The molecule has 0 saturated heterocycles. The molecule has 0 aliphatic heterocycles. The lowest BCUT2D eigenvalue weighted by atomic mass is 10.1. The molecule has 176 valence electrons. The molecular formula is C24H20FN7O3.